The summed E-state index contributed by atoms with van der Waals surface area (Å²) in [7, 11) is -4.33. The molecule has 3 rings (SSSR count). The quantitative estimate of drug-likeness (QED) is 0.319. The number of benzene rings is 3. The van der Waals surface area contributed by atoms with Crippen LogP contribution in [0, 0.1) is 11.8 Å². The number of rotatable bonds is 8. The Labute approximate surface area is 218 Å². The van der Waals surface area contributed by atoms with Crippen LogP contribution in [0.2, 0.25) is 0 Å². The minimum Gasteiger partial charge on any atom is -0.372 e. The summed E-state index contributed by atoms with van der Waals surface area (Å²) in [5, 5.41) is 2.53. The Morgan fingerprint density at radius 2 is 1.58 bits per heavy atom. The standard InChI is InChI=1S/C27H23F3N2O5S/c1-2-17-37-18-25(33)32-38(35,36)24-10-6-5-9-23(24)31-26(34)22-8-4-3-7-20(22)14-11-19-12-15-21(16-13-19)27(28,29)30/h3-10,12-13,15-16H,2,17-18H2,1H3,(H,31,34)(H,32,33). The van der Waals surface area contributed by atoms with Gasteiger partial charge in [0.05, 0.1) is 16.8 Å². The zero-order chi connectivity index (χ0) is 27.8. The van der Waals surface area contributed by atoms with Gasteiger partial charge in [0.2, 0.25) is 0 Å². The van der Waals surface area contributed by atoms with Gasteiger partial charge in [0.15, 0.2) is 0 Å². The lowest BCUT2D eigenvalue weighted by Crippen LogP contribution is -2.34. The van der Waals surface area contributed by atoms with Gasteiger partial charge in [0.25, 0.3) is 21.8 Å². The van der Waals surface area contributed by atoms with Crippen molar-refractivity contribution in [2.45, 2.75) is 24.4 Å². The number of hydrogen-bond acceptors (Lipinski definition) is 5. The first-order valence-electron chi connectivity index (χ1n) is 11.3. The number of ether oxygens (including phenoxy) is 1. The Morgan fingerprint density at radius 3 is 2.26 bits per heavy atom. The Balaban J connectivity index is 1.82. The van der Waals surface area contributed by atoms with Crippen LogP contribution in [0.3, 0.4) is 0 Å². The molecule has 0 aliphatic heterocycles. The average Bonchev–Trinajstić information content (AvgIpc) is 2.87. The van der Waals surface area contributed by atoms with Gasteiger partial charge in [-0.25, -0.2) is 13.1 Å². The van der Waals surface area contributed by atoms with E-state index < -0.39 is 40.2 Å². The average molecular weight is 545 g/mol. The Morgan fingerprint density at radius 1 is 0.921 bits per heavy atom. The number of halogens is 3. The molecule has 0 bridgehead atoms. The third-order valence-electron chi connectivity index (χ3n) is 4.98. The van der Waals surface area contributed by atoms with E-state index in [1.165, 1.54) is 42.5 Å². The van der Waals surface area contributed by atoms with Crippen molar-refractivity contribution in [3.8, 4) is 11.8 Å². The number of carbonyl (C=O) groups is 2. The monoisotopic (exact) mass is 544 g/mol. The van der Waals surface area contributed by atoms with Crippen molar-refractivity contribution in [2.24, 2.45) is 0 Å². The molecule has 0 saturated heterocycles. The van der Waals surface area contributed by atoms with Crippen LogP contribution in [-0.2, 0) is 25.7 Å². The molecular weight excluding hydrogens is 521 g/mol. The summed E-state index contributed by atoms with van der Waals surface area (Å²) < 4.78 is 70.9. The molecule has 0 radical (unpaired) electrons. The molecule has 0 heterocycles. The maximum absolute atomic E-state index is 13.1. The second-order valence-electron chi connectivity index (χ2n) is 7.90. The molecule has 0 aliphatic carbocycles. The summed E-state index contributed by atoms with van der Waals surface area (Å²) in [6.45, 7) is 1.69. The number of para-hydroxylation sites is 1. The van der Waals surface area contributed by atoms with E-state index in [2.05, 4.69) is 17.2 Å². The van der Waals surface area contributed by atoms with Gasteiger partial charge in [-0.1, -0.05) is 43.0 Å². The fraction of sp³-hybridized carbons (Fsp3) is 0.185. The number of anilines is 1. The first-order valence-corrected chi connectivity index (χ1v) is 12.8. The summed E-state index contributed by atoms with van der Waals surface area (Å²) in [5.74, 6) is 3.96. The van der Waals surface area contributed by atoms with Crippen molar-refractivity contribution in [3.63, 3.8) is 0 Å². The van der Waals surface area contributed by atoms with Crippen molar-refractivity contribution in [1.82, 2.24) is 4.72 Å². The number of alkyl halides is 3. The summed E-state index contributed by atoms with van der Waals surface area (Å²) in [4.78, 5) is 24.7. The van der Waals surface area contributed by atoms with Crippen molar-refractivity contribution in [1.29, 1.82) is 0 Å². The van der Waals surface area contributed by atoms with Gasteiger partial charge in [-0.05, 0) is 55.0 Å². The highest BCUT2D eigenvalue weighted by Gasteiger charge is 2.29. The van der Waals surface area contributed by atoms with Crippen LogP contribution in [-0.4, -0.2) is 33.4 Å². The predicted molar refractivity (Wildman–Crippen MR) is 135 cm³/mol. The molecule has 7 nitrogen and oxygen atoms in total. The first-order chi connectivity index (χ1) is 18.0. The summed E-state index contributed by atoms with van der Waals surface area (Å²) >= 11 is 0. The van der Waals surface area contributed by atoms with Gasteiger partial charge in [-0.15, -0.1) is 0 Å². The lowest BCUT2D eigenvalue weighted by Gasteiger charge is -2.13. The SMILES string of the molecule is CCCOCC(=O)NS(=O)(=O)c1ccccc1NC(=O)c1ccccc1C#Cc1ccc(C(F)(F)F)cc1. The third kappa shape index (κ3) is 7.68. The lowest BCUT2D eigenvalue weighted by molar-refractivity contribution is -0.137. The molecule has 0 aliphatic rings. The van der Waals surface area contributed by atoms with Gasteiger partial charge >= 0.3 is 6.18 Å². The molecule has 11 heteroatoms. The fourth-order valence-electron chi connectivity index (χ4n) is 3.21. The van der Waals surface area contributed by atoms with E-state index in [9.17, 15) is 31.2 Å². The van der Waals surface area contributed by atoms with E-state index in [0.29, 0.717) is 18.6 Å². The minimum absolute atomic E-state index is 0.0715. The van der Waals surface area contributed by atoms with E-state index in [0.717, 1.165) is 12.1 Å². The normalized spacial score (nSPS) is 11.3. The molecule has 2 N–H and O–H groups in total. The van der Waals surface area contributed by atoms with Gasteiger partial charge in [0, 0.05) is 17.7 Å². The number of nitrogens with one attached hydrogen (secondary N) is 2. The molecule has 198 valence electrons. The molecule has 0 fully saturated rings. The zero-order valence-corrected chi connectivity index (χ0v) is 20.9. The van der Waals surface area contributed by atoms with Crippen molar-refractivity contribution in [3.05, 3.63) is 95.1 Å². The molecule has 0 atom stereocenters. The van der Waals surface area contributed by atoms with E-state index in [1.807, 2.05) is 11.6 Å². The zero-order valence-electron chi connectivity index (χ0n) is 20.1. The van der Waals surface area contributed by atoms with Crippen LogP contribution in [0.5, 0.6) is 0 Å². The predicted octanol–water partition coefficient (Wildman–Crippen LogP) is 4.59. The van der Waals surface area contributed by atoms with Gasteiger partial charge in [0.1, 0.15) is 11.5 Å². The first kappa shape index (κ1) is 28.4. The van der Waals surface area contributed by atoms with E-state index in [1.54, 1.807) is 18.2 Å². The maximum atomic E-state index is 13.1. The highest BCUT2D eigenvalue weighted by Crippen LogP contribution is 2.29. The van der Waals surface area contributed by atoms with Crippen molar-refractivity contribution >= 4 is 27.5 Å². The van der Waals surface area contributed by atoms with Crippen LogP contribution in [0.1, 0.15) is 40.4 Å². The Bertz CT molecular complexity index is 1470. The van der Waals surface area contributed by atoms with E-state index in [-0.39, 0.29) is 21.7 Å². The second-order valence-corrected chi connectivity index (χ2v) is 9.55. The van der Waals surface area contributed by atoms with Crippen LogP contribution >= 0.6 is 0 Å². The minimum atomic E-state index is -4.47. The van der Waals surface area contributed by atoms with Crippen molar-refractivity contribution < 1.29 is 35.9 Å². The molecule has 0 spiro atoms. The number of carbonyl (C=O) groups excluding carboxylic acids is 2. The Kier molecular flexibility index (Phi) is 9.28. The second kappa shape index (κ2) is 12.4. The highest BCUT2D eigenvalue weighted by molar-refractivity contribution is 7.90. The Hall–Kier alpha value is -4.14. The maximum Gasteiger partial charge on any atom is 0.416 e. The number of amides is 2. The van der Waals surface area contributed by atoms with Crippen molar-refractivity contribution in [2.75, 3.05) is 18.5 Å². The molecule has 3 aromatic carbocycles. The van der Waals surface area contributed by atoms with E-state index >= 15 is 0 Å². The number of hydrogen-bond donors (Lipinski definition) is 2. The summed E-state index contributed by atoms with van der Waals surface area (Å²) in [5.41, 5.74) is -0.190. The van der Waals surface area contributed by atoms with Crippen LogP contribution in [0.15, 0.2) is 77.7 Å². The van der Waals surface area contributed by atoms with Gasteiger partial charge in [-0.3, -0.25) is 9.59 Å². The molecule has 0 aromatic heterocycles. The summed E-state index contributed by atoms with van der Waals surface area (Å²) in [6, 6.07) is 16.0. The van der Waals surface area contributed by atoms with Gasteiger partial charge < -0.3 is 10.1 Å². The molecule has 3 aromatic rings. The molecule has 0 saturated carbocycles. The van der Waals surface area contributed by atoms with Crippen LogP contribution in [0.25, 0.3) is 0 Å². The molecule has 38 heavy (non-hydrogen) atoms. The topological polar surface area (TPSA) is 102 Å². The van der Waals surface area contributed by atoms with Crippen LogP contribution < -0.4 is 10.0 Å². The smallest absolute Gasteiger partial charge is 0.372 e. The molecule has 0 unspecified atom stereocenters. The number of sulfonamides is 1. The lowest BCUT2D eigenvalue weighted by atomic mass is 10.1. The molecular formula is C27H23F3N2O5S. The third-order valence-corrected chi connectivity index (χ3v) is 6.41. The summed E-state index contributed by atoms with van der Waals surface area (Å²) in [6.07, 6.45) is -3.81. The largest absolute Gasteiger partial charge is 0.416 e. The fourth-order valence-corrected chi connectivity index (χ4v) is 4.34. The molecule has 2 amide bonds. The van der Waals surface area contributed by atoms with Gasteiger partial charge in [-0.2, -0.15) is 13.2 Å². The van der Waals surface area contributed by atoms with Crippen LogP contribution in [0.4, 0.5) is 18.9 Å². The van der Waals surface area contributed by atoms with E-state index in [4.69, 9.17) is 4.74 Å². The highest BCUT2D eigenvalue weighted by atomic mass is 32.2.